The van der Waals surface area contributed by atoms with Crippen molar-refractivity contribution in [2.24, 2.45) is 0 Å². The van der Waals surface area contributed by atoms with Gasteiger partial charge in [-0.25, -0.2) is 4.98 Å². The Balaban J connectivity index is 1.76. The van der Waals surface area contributed by atoms with Gasteiger partial charge in [0.1, 0.15) is 0 Å². The maximum Gasteiger partial charge on any atom is 0.193 e. The van der Waals surface area contributed by atoms with Gasteiger partial charge in [0.25, 0.3) is 0 Å². The number of aromatic nitrogens is 3. The van der Waals surface area contributed by atoms with Crippen LogP contribution < -0.4 is 5.73 Å². The summed E-state index contributed by atoms with van der Waals surface area (Å²) in [4.78, 5) is 10.6. The van der Waals surface area contributed by atoms with Crippen LogP contribution in [0.1, 0.15) is 5.69 Å². The van der Waals surface area contributed by atoms with Crippen LogP contribution in [0.5, 0.6) is 0 Å². The van der Waals surface area contributed by atoms with Crippen molar-refractivity contribution in [1.29, 1.82) is 0 Å². The highest BCUT2D eigenvalue weighted by atomic mass is 32.2. The van der Waals surface area contributed by atoms with Crippen molar-refractivity contribution in [2.45, 2.75) is 10.6 Å². The van der Waals surface area contributed by atoms with Gasteiger partial charge in [-0.2, -0.15) is 0 Å². The zero-order chi connectivity index (χ0) is 11.7. The molecule has 3 rings (SSSR count). The van der Waals surface area contributed by atoms with Crippen LogP contribution >= 0.6 is 23.1 Å². The molecule has 3 aromatic rings. The molecule has 0 radical (unpaired) electrons. The Morgan fingerprint density at radius 2 is 2.41 bits per heavy atom. The van der Waals surface area contributed by atoms with E-state index in [-0.39, 0.29) is 0 Å². The molecule has 0 saturated heterocycles. The number of hydrogen-bond donors (Lipinski definition) is 1. The fourth-order valence-corrected chi connectivity index (χ4v) is 3.06. The summed E-state index contributed by atoms with van der Waals surface area (Å²) in [6, 6.07) is 1.93. The maximum absolute atomic E-state index is 5.83. The second-order valence-corrected chi connectivity index (χ2v) is 5.42. The summed E-state index contributed by atoms with van der Waals surface area (Å²) in [6.45, 7) is 0. The minimum Gasteiger partial charge on any atom is -0.397 e. The van der Waals surface area contributed by atoms with Gasteiger partial charge in [-0.3, -0.25) is 9.38 Å². The van der Waals surface area contributed by atoms with Crippen molar-refractivity contribution in [1.82, 2.24) is 14.4 Å². The van der Waals surface area contributed by atoms with Gasteiger partial charge in [0, 0.05) is 34.6 Å². The Hall–Kier alpha value is -1.53. The van der Waals surface area contributed by atoms with E-state index in [4.69, 9.17) is 5.73 Å². The van der Waals surface area contributed by atoms with E-state index in [0.717, 1.165) is 27.0 Å². The SMILES string of the molecule is Nc1cnccc1SCc1cn2ccsc2n1. The van der Waals surface area contributed by atoms with E-state index in [1.54, 1.807) is 35.5 Å². The molecule has 0 saturated carbocycles. The molecular weight excluding hydrogens is 252 g/mol. The first-order chi connectivity index (χ1) is 8.33. The predicted octanol–water partition coefficient (Wildman–Crippen LogP) is 2.67. The summed E-state index contributed by atoms with van der Waals surface area (Å²) in [6.07, 6.45) is 7.50. The van der Waals surface area contributed by atoms with E-state index in [2.05, 4.69) is 16.2 Å². The van der Waals surface area contributed by atoms with Gasteiger partial charge in [0.05, 0.1) is 17.6 Å². The first-order valence-corrected chi connectivity index (χ1v) is 6.93. The molecule has 17 heavy (non-hydrogen) atoms. The molecule has 4 nitrogen and oxygen atoms in total. The highest BCUT2D eigenvalue weighted by Gasteiger charge is 2.04. The van der Waals surface area contributed by atoms with Gasteiger partial charge < -0.3 is 5.73 Å². The van der Waals surface area contributed by atoms with Crippen LogP contribution in [-0.2, 0) is 5.75 Å². The number of nitrogen functional groups attached to an aromatic ring is 1. The number of anilines is 1. The number of thioether (sulfide) groups is 1. The number of nitrogens with two attached hydrogens (primary N) is 1. The smallest absolute Gasteiger partial charge is 0.193 e. The van der Waals surface area contributed by atoms with Crippen molar-refractivity contribution in [2.75, 3.05) is 5.73 Å². The van der Waals surface area contributed by atoms with Crippen LogP contribution in [0.3, 0.4) is 0 Å². The number of hydrogen-bond acceptors (Lipinski definition) is 5. The summed E-state index contributed by atoms with van der Waals surface area (Å²) >= 11 is 3.32. The van der Waals surface area contributed by atoms with Crippen molar-refractivity contribution in [3.63, 3.8) is 0 Å². The Morgan fingerprint density at radius 3 is 3.24 bits per heavy atom. The summed E-state index contributed by atoms with van der Waals surface area (Å²) < 4.78 is 2.04. The molecule has 0 fully saturated rings. The Bertz CT molecular complexity index is 615. The number of imidazole rings is 1. The molecule has 3 heterocycles. The third-order valence-corrected chi connectivity index (χ3v) is 4.22. The molecule has 3 aromatic heterocycles. The second kappa shape index (κ2) is 4.38. The van der Waals surface area contributed by atoms with Crippen LogP contribution in [0, 0.1) is 0 Å². The first kappa shape index (κ1) is 10.6. The lowest BCUT2D eigenvalue weighted by molar-refractivity contribution is 1.21. The number of thiazole rings is 1. The van der Waals surface area contributed by atoms with Gasteiger partial charge in [0.15, 0.2) is 4.96 Å². The van der Waals surface area contributed by atoms with Gasteiger partial charge in [-0.05, 0) is 6.07 Å². The molecule has 0 unspecified atom stereocenters. The Morgan fingerprint density at radius 1 is 1.47 bits per heavy atom. The van der Waals surface area contributed by atoms with Crippen molar-refractivity contribution < 1.29 is 0 Å². The van der Waals surface area contributed by atoms with Crippen molar-refractivity contribution >= 4 is 33.7 Å². The van der Waals surface area contributed by atoms with Crippen molar-refractivity contribution in [3.8, 4) is 0 Å². The van der Waals surface area contributed by atoms with E-state index >= 15 is 0 Å². The Labute approximate surface area is 107 Å². The summed E-state index contributed by atoms with van der Waals surface area (Å²) in [5, 5.41) is 2.03. The lowest BCUT2D eigenvalue weighted by atomic mass is 10.4. The van der Waals surface area contributed by atoms with E-state index in [9.17, 15) is 0 Å². The van der Waals surface area contributed by atoms with E-state index in [1.807, 2.05) is 22.0 Å². The van der Waals surface area contributed by atoms with Crippen LogP contribution in [0.15, 0.2) is 41.1 Å². The lowest BCUT2D eigenvalue weighted by Gasteiger charge is -2.01. The second-order valence-electron chi connectivity index (χ2n) is 3.53. The van der Waals surface area contributed by atoms with Crippen molar-refractivity contribution in [3.05, 3.63) is 41.9 Å². The fraction of sp³-hybridized carbons (Fsp3) is 0.0909. The highest BCUT2D eigenvalue weighted by Crippen LogP contribution is 2.27. The zero-order valence-electron chi connectivity index (χ0n) is 8.91. The van der Waals surface area contributed by atoms with Crippen LogP contribution in [0.2, 0.25) is 0 Å². The summed E-state index contributed by atoms with van der Waals surface area (Å²) in [5.74, 6) is 0.822. The minimum atomic E-state index is 0.721. The van der Waals surface area contributed by atoms with Crippen LogP contribution in [-0.4, -0.2) is 14.4 Å². The van der Waals surface area contributed by atoms with E-state index in [0.29, 0.717) is 0 Å². The molecule has 0 aliphatic heterocycles. The first-order valence-electron chi connectivity index (χ1n) is 5.06. The average Bonchev–Trinajstić information content (AvgIpc) is 2.88. The number of rotatable bonds is 3. The molecule has 2 N–H and O–H groups in total. The lowest BCUT2D eigenvalue weighted by Crippen LogP contribution is -1.89. The normalized spacial score (nSPS) is 11.1. The van der Waals surface area contributed by atoms with Crippen LogP contribution in [0.4, 0.5) is 5.69 Å². The molecule has 0 aliphatic rings. The summed E-state index contributed by atoms with van der Waals surface area (Å²) in [5.41, 5.74) is 7.62. The van der Waals surface area contributed by atoms with Gasteiger partial charge in [0.2, 0.25) is 0 Å². The molecule has 0 bridgehead atoms. The predicted molar refractivity (Wildman–Crippen MR) is 71.3 cm³/mol. The zero-order valence-corrected chi connectivity index (χ0v) is 10.5. The van der Waals surface area contributed by atoms with E-state index < -0.39 is 0 Å². The fourth-order valence-electron chi connectivity index (χ4n) is 1.52. The third-order valence-electron chi connectivity index (χ3n) is 2.33. The summed E-state index contributed by atoms with van der Waals surface area (Å²) in [7, 11) is 0. The average molecular weight is 262 g/mol. The van der Waals surface area contributed by atoms with Crippen LogP contribution in [0.25, 0.3) is 4.96 Å². The molecule has 0 atom stereocenters. The molecule has 0 aromatic carbocycles. The Kier molecular flexibility index (Phi) is 2.74. The standard InChI is InChI=1S/C11H10N4S2/c12-9-5-13-2-1-10(9)17-7-8-6-15-3-4-16-11(15)14-8/h1-6H,7,12H2. The minimum absolute atomic E-state index is 0.721. The highest BCUT2D eigenvalue weighted by molar-refractivity contribution is 7.98. The largest absolute Gasteiger partial charge is 0.397 e. The molecule has 6 heteroatoms. The maximum atomic E-state index is 5.83. The van der Waals surface area contributed by atoms with Gasteiger partial charge >= 0.3 is 0 Å². The quantitative estimate of drug-likeness (QED) is 0.737. The molecule has 86 valence electrons. The molecule has 0 aliphatic carbocycles. The van der Waals surface area contributed by atoms with Gasteiger partial charge in [-0.15, -0.1) is 23.1 Å². The third kappa shape index (κ3) is 2.13. The monoisotopic (exact) mass is 262 g/mol. The number of pyridine rings is 1. The number of fused-ring (bicyclic) bond motifs is 1. The molecule has 0 spiro atoms. The topological polar surface area (TPSA) is 56.2 Å². The van der Waals surface area contributed by atoms with E-state index in [1.165, 1.54) is 0 Å². The molecular formula is C11H10N4S2. The van der Waals surface area contributed by atoms with Gasteiger partial charge in [-0.1, -0.05) is 0 Å². The number of nitrogens with zero attached hydrogens (tertiary/aromatic N) is 3. The molecule has 0 amide bonds.